The van der Waals surface area contributed by atoms with Crippen LogP contribution < -0.4 is 20.1 Å². The summed E-state index contributed by atoms with van der Waals surface area (Å²) < 4.78 is 21.4. The molecule has 33 heavy (non-hydrogen) atoms. The van der Waals surface area contributed by atoms with Crippen molar-refractivity contribution in [3.63, 3.8) is 0 Å². The number of ether oxygens (including phenoxy) is 4. The van der Waals surface area contributed by atoms with Crippen LogP contribution in [0.2, 0.25) is 0 Å². The lowest BCUT2D eigenvalue weighted by Crippen LogP contribution is -2.45. The summed E-state index contributed by atoms with van der Waals surface area (Å²) in [5.74, 6) is 0.970. The van der Waals surface area contributed by atoms with Crippen LogP contribution in [-0.2, 0) is 27.2 Å². The average molecular weight is 475 g/mol. The van der Waals surface area contributed by atoms with Crippen LogP contribution in [0.15, 0.2) is 48.5 Å². The van der Waals surface area contributed by atoms with E-state index in [4.69, 9.17) is 31.2 Å². The van der Waals surface area contributed by atoms with Crippen LogP contribution in [0.5, 0.6) is 11.5 Å². The lowest BCUT2D eigenvalue weighted by molar-refractivity contribution is -0.153. The number of rotatable bonds is 11. The molecular formula is C25H34N2O5S. The first-order valence-corrected chi connectivity index (χ1v) is 11.2. The molecule has 0 saturated carbocycles. The zero-order chi connectivity index (χ0) is 24.3. The molecule has 0 bridgehead atoms. The first kappa shape index (κ1) is 26.4. The van der Waals surface area contributed by atoms with Crippen LogP contribution in [0.4, 0.5) is 0 Å². The van der Waals surface area contributed by atoms with Gasteiger partial charge in [-0.25, -0.2) is 0 Å². The van der Waals surface area contributed by atoms with Gasteiger partial charge in [0.15, 0.2) is 23.4 Å². The maximum Gasteiger partial charge on any atom is 0.311 e. The normalized spacial score (nSPS) is 11.9. The van der Waals surface area contributed by atoms with Crippen LogP contribution in [0.25, 0.3) is 0 Å². The van der Waals surface area contributed by atoms with Crippen molar-refractivity contribution < 1.29 is 23.7 Å². The highest BCUT2D eigenvalue weighted by Gasteiger charge is 2.24. The van der Waals surface area contributed by atoms with Gasteiger partial charge in [-0.15, -0.1) is 0 Å². The summed E-state index contributed by atoms with van der Waals surface area (Å²) in [5, 5.41) is 6.96. The number of hydrogen-bond acceptors (Lipinski definition) is 6. The fourth-order valence-electron chi connectivity index (χ4n) is 2.93. The molecule has 2 aromatic rings. The minimum atomic E-state index is -0.561. The van der Waals surface area contributed by atoms with Gasteiger partial charge in [0.25, 0.3) is 0 Å². The van der Waals surface area contributed by atoms with Crippen LogP contribution >= 0.6 is 12.2 Å². The largest absolute Gasteiger partial charge is 0.493 e. The SMILES string of the molecule is COCOc1ccc(CNC(=S)N[C@@H](COC(=O)C(C)(C)C)Cc2ccccc2)cc1OC. The highest BCUT2D eigenvalue weighted by molar-refractivity contribution is 7.80. The second-order valence-electron chi connectivity index (χ2n) is 8.60. The number of thiocarbonyl (C=S) groups is 1. The smallest absolute Gasteiger partial charge is 0.311 e. The second kappa shape index (κ2) is 13.0. The summed E-state index contributed by atoms with van der Waals surface area (Å²) in [4.78, 5) is 12.2. The van der Waals surface area contributed by atoms with Crippen LogP contribution in [-0.4, -0.2) is 44.7 Å². The van der Waals surface area contributed by atoms with Crippen molar-refractivity contribution >= 4 is 23.3 Å². The molecule has 0 saturated heterocycles. The third-order valence-electron chi connectivity index (χ3n) is 4.70. The third kappa shape index (κ3) is 9.27. The minimum Gasteiger partial charge on any atom is -0.493 e. The van der Waals surface area contributed by atoms with Crippen molar-refractivity contribution in [2.75, 3.05) is 27.6 Å². The van der Waals surface area contributed by atoms with Gasteiger partial charge in [-0.3, -0.25) is 4.79 Å². The number of benzene rings is 2. The molecule has 2 aromatic carbocycles. The van der Waals surface area contributed by atoms with Crippen molar-refractivity contribution in [3.05, 3.63) is 59.7 Å². The maximum atomic E-state index is 12.2. The molecule has 180 valence electrons. The van der Waals surface area contributed by atoms with Gasteiger partial charge in [-0.05, 0) is 62.7 Å². The van der Waals surface area contributed by atoms with Crippen LogP contribution in [0.3, 0.4) is 0 Å². The summed E-state index contributed by atoms with van der Waals surface area (Å²) >= 11 is 5.51. The highest BCUT2D eigenvalue weighted by atomic mass is 32.1. The quantitative estimate of drug-likeness (QED) is 0.289. The van der Waals surface area contributed by atoms with Crippen molar-refractivity contribution in [2.24, 2.45) is 5.41 Å². The Kier molecular flexibility index (Phi) is 10.4. The van der Waals surface area contributed by atoms with Crippen molar-refractivity contribution in [2.45, 2.75) is 39.8 Å². The van der Waals surface area contributed by atoms with Gasteiger partial charge < -0.3 is 29.6 Å². The molecule has 0 aliphatic carbocycles. The first-order valence-electron chi connectivity index (χ1n) is 10.8. The van der Waals surface area contributed by atoms with Gasteiger partial charge in [0, 0.05) is 13.7 Å². The maximum absolute atomic E-state index is 12.2. The molecule has 8 heteroatoms. The summed E-state index contributed by atoms with van der Waals surface area (Å²) in [6.45, 7) is 6.35. The molecule has 0 unspecified atom stereocenters. The van der Waals surface area contributed by atoms with E-state index in [1.165, 1.54) is 0 Å². The fourth-order valence-corrected chi connectivity index (χ4v) is 3.16. The average Bonchev–Trinajstić information content (AvgIpc) is 2.79. The Morgan fingerprint density at radius 3 is 2.39 bits per heavy atom. The molecule has 0 fully saturated rings. The van der Waals surface area contributed by atoms with E-state index in [1.807, 2.05) is 69.3 Å². The zero-order valence-electron chi connectivity index (χ0n) is 20.0. The van der Waals surface area contributed by atoms with Crippen LogP contribution in [0, 0.1) is 5.41 Å². The Hall–Kier alpha value is -2.84. The molecule has 0 spiro atoms. The number of nitrogens with one attached hydrogen (secondary N) is 2. The molecule has 7 nitrogen and oxygen atoms in total. The highest BCUT2D eigenvalue weighted by Crippen LogP contribution is 2.28. The molecule has 0 aliphatic heterocycles. The minimum absolute atomic E-state index is 0.143. The van der Waals surface area contributed by atoms with Crippen LogP contribution in [0.1, 0.15) is 31.9 Å². The van der Waals surface area contributed by atoms with E-state index < -0.39 is 5.41 Å². The number of hydrogen-bond donors (Lipinski definition) is 2. The number of methoxy groups -OCH3 is 2. The third-order valence-corrected chi connectivity index (χ3v) is 4.96. The Bertz CT molecular complexity index is 899. The van der Waals surface area contributed by atoms with E-state index in [0.717, 1.165) is 11.1 Å². The second-order valence-corrected chi connectivity index (χ2v) is 9.01. The number of esters is 1. The predicted molar refractivity (Wildman–Crippen MR) is 132 cm³/mol. The number of carbonyl (C=O) groups is 1. The monoisotopic (exact) mass is 474 g/mol. The van der Waals surface area contributed by atoms with E-state index in [2.05, 4.69) is 10.6 Å². The Morgan fingerprint density at radius 1 is 1.03 bits per heavy atom. The van der Waals surface area contributed by atoms with E-state index in [1.54, 1.807) is 14.2 Å². The van der Waals surface area contributed by atoms with Gasteiger partial charge >= 0.3 is 5.97 Å². The molecule has 0 amide bonds. The molecule has 0 aromatic heterocycles. The van der Waals surface area contributed by atoms with Gasteiger partial charge in [0.05, 0.1) is 18.6 Å². The predicted octanol–water partition coefficient (Wildman–Crippen LogP) is 3.84. The summed E-state index contributed by atoms with van der Waals surface area (Å²) in [7, 11) is 3.15. The Balaban J connectivity index is 1.97. The van der Waals surface area contributed by atoms with E-state index in [9.17, 15) is 4.79 Å². The Labute approximate surface area is 201 Å². The Morgan fingerprint density at radius 2 is 1.76 bits per heavy atom. The van der Waals surface area contributed by atoms with Crippen molar-refractivity contribution in [1.29, 1.82) is 0 Å². The summed E-state index contributed by atoms with van der Waals surface area (Å²) in [6, 6.07) is 15.5. The molecule has 0 heterocycles. The van der Waals surface area contributed by atoms with Gasteiger partial charge in [0.1, 0.15) is 6.61 Å². The first-order chi connectivity index (χ1) is 15.7. The lowest BCUT2D eigenvalue weighted by atomic mass is 9.97. The molecule has 0 radical (unpaired) electrons. The summed E-state index contributed by atoms with van der Waals surface area (Å²) in [5.41, 5.74) is 1.54. The van der Waals surface area contributed by atoms with E-state index in [0.29, 0.717) is 29.6 Å². The van der Waals surface area contributed by atoms with Gasteiger partial charge in [-0.2, -0.15) is 0 Å². The van der Waals surface area contributed by atoms with Crippen molar-refractivity contribution in [3.8, 4) is 11.5 Å². The molecular weight excluding hydrogens is 440 g/mol. The van der Waals surface area contributed by atoms with E-state index >= 15 is 0 Å². The molecule has 0 aliphatic rings. The fraction of sp³-hybridized carbons (Fsp3) is 0.440. The topological polar surface area (TPSA) is 78.0 Å². The molecule has 1 atom stereocenters. The van der Waals surface area contributed by atoms with Gasteiger partial charge in [-0.1, -0.05) is 36.4 Å². The number of carbonyl (C=O) groups excluding carboxylic acids is 1. The standard InChI is InChI=1S/C25H34N2O5S/c1-25(2,3)23(28)31-16-20(13-18-9-7-6-8-10-18)27-24(33)26-15-19-11-12-21(32-17-29-4)22(14-19)30-5/h6-12,14,20H,13,15-17H2,1-5H3,(H2,26,27,33)/t20-/m1/s1. The molecule has 2 N–H and O–H groups in total. The van der Waals surface area contributed by atoms with Crippen molar-refractivity contribution in [1.82, 2.24) is 10.6 Å². The molecule has 2 rings (SSSR count). The lowest BCUT2D eigenvalue weighted by Gasteiger charge is -2.23. The van der Waals surface area contributed by atoms with Gasteiger partial charge in [0.2, 0.25) is 0 Å². The van der Waals surface area contributed by atoms with E-state index in [-0.39, 0.29) is 25.4 Å². The zero-order valence-corrected chi connectivity index (χ0v) is 20.8. The summed E-state index contributed by atoms with van der Waals surface area (Å²) in [6.07, 6.45) is 0.666.